The lowest BCUT2D eigenvalue weighted by Gasteiger charge is -2.10. The fraction of sp³-hybridized carbons (Fsp3) is 0.250. The van der Waals surface area contributed by atoms with Gasteiger partial charge in [-0.3, -0.25) is 4.79 Å². The van der Waals surface area contributed by atoms with Crippen molar-refractivity contribution in [3.63, 3.8) is 0 Å². The van der Waals surface area contributed by atoms with Crippen LogP contribution in [0.15, 0.2) is 35.7 Å². The molecule has 7 nitrogen and oxygen atoms in total. The second-order valence-corrected chi connectivity index (χ2v) is 4.73. The van der Waals surface area contributed by atoms with Crippen molar-refractivity contribution in [2.45, 2.75) is 12.1 Å². The van der Waals surface area contributed by atoms with Crippen LogP contribution >= 0.6 is 11.8 Å². The van der Waals surface area contributed by atoms with Crippen LogP contribution in [0.2, 0.25) is 0 Å². The highest BCUT2D eigenvalue weighted by molar-refractivity contribution is 7.99. The predicted molar refractivity (Wildman–Crippen MR) is 77.1 cm³/mol. The number of nitrogen functional groups attached to an aromatic ring is 1. The largest absolute Gasteiger partial charge is 0.492 e. The Morgan fingerprint density at radius 1 is 1.50 bits per heavy atom. The zero-order chi connectivity index (χ0) is 14.4. The molecule has 0 saturated carbocycles. The quantitative estimate of drug-likeness (QED) is 0.612. The standard InChI is InChI=1S/C12H15N5O2S/c1-2-19-10-6-4-3-5-9(10)15-11(18)7-20-12-16-14-8-17(12)13/h3-6,8H,2,7,13H2,1H3,(H,15,18). The van der Waals surface area contributed by atoms with Crippen LogP contribution in [0.4, 0.5) is 5.69 Å². The maximum Gasteiger partial charge on any atom is 0.234 e. The number of amides is 1. The van der Waals surface area contributed by atoms with Crippen molar-refractivity contribution < 1.29 is 9.53 Å². The van der Waals surface area contributed by atoms with E-state index in [4.69, 9.17) is 10.6 Å². The van der Waals surface area contributed by atoms with Crippen LogP contribution in [0, 0.1) is 0 Å². The Morgan fingerprint density at radius 3 is 3.00 bits per heavy atom. The number of ether oxygens (including phenoxy) is 1. The second-order valence-electron chi connectivity index (χ2n) is 3.79. The Balaban J connectivity index is 1.93. The van der Waals surface area contributed by atoms with Gasteiger partial charge in [0.25, 0.3) is 0 Å². The molecule has 0 atom stereocenters. The number of aromatic nitrogens is 3. The molecule has 0 aliphatic rings. The SMILES string of the molecule is CCOc1ccccc1NC(=O)CSc1nncn1N. The summed E-state index contributed by atoms with van der Waals surface area (Å²) in [4.78, 5) is 11.9. The molecule has 3 N–H and O–H groups in total. The minimum Gasteiger partial charge on any atom is -0.492 e. The van der Waals surface area contributed by atoms with Gasteiger partial charge in [-0.05, 0) is 19.1 Å². The zero-order valence-electron chi connectivity index (χ0n) is 10.9. The van der Waals surface area contributed by atoms with E-state index in [1.165, 1.54) is 22.8 Å². The maximum atomic E-state index is 11.9. The third-order valence-corrected chi connectivity index (χ3v) is 3.29. The first-order valence-electron chi connectivity index (χ1n) is 6.00. The summed E-state index contributed by atoms with van der Waals surface area (Å²) in [7, 11) is 0. The highest BCUT2D eigenvalue weighted by Gasteiger charge is 2.10. The lowest BCUT2D eigenvalue weighted by molar-refractivity contribution is -0.113. The number of rotatable bonds is 6. The molecule has 8 heteroatoms. The van der Waals surface area contributed by atoms with E-state index in [1.54, 1.807) is 6.07 Å². The van der Waals surface area contributed by atoms with Gasteiger partial charge in [0.2, 0.25) is 11.1 Å². The first-order valence-corrected chi connectivity index (χ1v) is 6.99. The number of thioether (sulfide) groups is 1. The first kappa shape index (κ1) is 14.2. The maximum absolute atomic E-state index is 11.9. The highest BCUT2D eigenvalue weighted by atomic mass is 32.2. The van der Waals surface area contributed by atoms with E-state index in [2.05, 4.69) is 15.5 Å². The fourth-order valence-corrected chi connectivity index (χ4v) is 2.14. The Morgan fingerprint density at radius 2 is 2.30 bits per heavy atom. The molecule has 1 aromatic heterocycles. The summed E-state index contributed by atoms with van der Waals surface area (Å²) < 4.78 is 6.71. The Hall–Kier alpha value is -2.22. The van der Waals surface area contributed by atoms with Gasteiger partial charge in [0, 0.05) is 0 Å². The van der Waals surface area contributed by atoms with Crippen molar-refractivity contribution in [3.05, 3.63) is 30.6 Å². The molecule has 1 heterocycles. The average Bonchev–Trinajstić information content (AvgIpc) is 2.84. The van der Waals surface area contributed by atoms with Crippen LogP contribution in [0.5, 0.6) is 5.75 Å². The van der Waals surface area contributed by atoms with Gasteiger partial charge in [0.1, 0.15) is 12.1 Å². The zero-order valence-corrected chi connectivity index (χ0v) is 11.8. The van der Waals surface area contributed by atoms with E-state index in [0.717, 1.165) is 0 Å². The van der Waals surface area contributed by atoms with Gasteiger partial charge in [0.15, 0.2) is 0 Å². The normalized spacial score (nSPS) is 10.2. The van der Waals surface area contributed by atoms with Crippen molar-refractivity contribution in [1.29, 1.82) is 0 Å². The first-order chi connectivity index (χ1) is 9.70. The van der Waals surface area contributed by atoms with Crippen molar-refractivity contribution in [3.8, 4) is 5.75 Å². The highest BCUT2D eigenvalue weighted by Crippen LogP contribution is 2.24. The molecule has 0 bridgehead atoms. The van der Waals surface area contributed by atoms with E-state index in [0.29, 0.717) is 23.2 Å². The molecule has 0 radical (unpaired) electrons. The monoisotopic (exact) mass is 293 g/mol. The van der Waals surface area contributed by atoms with Crippen LogP contribution in [0.3, 0.4) is 0 Å². The molecular formula is C12H15N5O2S. The van der Waals surface area contributed by atoms with Crippen molar-refractivity contribution in [1.82, 2.24) is 14.9 Å². The summed E-state index contributed by atoms with van der Waals surface area (Å²) in [6.45, 7) is 2.43. The number of nitrogens with two attached hydrogens (primary N) is 1. The van der Waals surface area contributed by atoms with E-state index in [1.807, 2.05) is 25.1 Å². The topological polar surface area (TPSA) is 95.1 Å². The molecule has 2 rings (SSSR count). The molecule has 0 unspecified atom stereocenters. The molecule has 2 aromatic rings. The summed E-state index contributed by atoms with van der Waals surface area (Å²) in [6, 6.07) is 7.29. The molecule has 0 spiro atoms. The minimum absolute atomic E-state index is 0.162. The predicted octanol–water partition coefficient (Wildman–Crippen LogP) is 1.12. The van der Waals surface area contributed by atoms with Gasteiger partial charge in [-0.2, -0.15) is 0 Å². The molecule has 106 valence electrons. The molecule has 0 fully saturated rings. The smallest absolute Gasteiger partial charge is 0.234 e. The van der Waals surface area contributed by atoms with E-state index in [-0.39, 0.29) is 11.7 Å². The number of benzene rings is 1. The van der Waals surface area contributed by atoms with Gasteiger partial charge < -0.3 is 15.9 Å². The summed E-state index contributed by atoms with van der Waals surface area (Å²) in [5, 5.41) is 10.7. The average molecular weight is 293 g/mol. The number of anilines is 1. The third-order valence-electron chi connectivity index (χ3n) is 2.33. The molecule has 1 aromatic carbocycles. The Kier molecular flexibility index (Phi) is 4.83. The van der Waals surface area contributed by atoms with Crippen LogP contribution in [0.1, 0.15) is 6.92 Å². The lowest BCUT2D eigenvalue weighted by Crippen LogP contribution is -2.16. The number of carbonyl (C=O) groups excluding carboxylic acids is 1. The lowest BCUT2D eigenvalue weighted by atomic mass is 10.3. The number of nitrogens with one attached hydrogen (secondary N) is 1. The van der Waals surface area contributed by atoms with Gasteiger partial charge in [0.05, 0.1) is 18.0 Å². The van der Waals surface area contributed by atoms with Gasteiger partial charge in [-0.25, -0.2) is 4.68 Å². The van der Waals surface area contributed by atoms with Crippen molar-refractivity contribution in [2.24, 2.45) is 0 Å². The number of nitrogens with zero attached hydrogens (tertiary/aromatic N) is 3. The molecule has 0 aliphatic heterocycles. The van der Waals surface area contributed by atoms with E-state index < -0.39 is 0 Å². The summed E-state index contributed by atoms with van der Waals surface area (Å²) >= 11 is 1.21. The van der Waals surface area contributed by atoms with Crippen molar-refractivity contribution >= 4 is 23.4 Å². The molecule has 20 heavy (non-hydrogen) atoms. The summed E-state index contributed by atoms with van der Waals surface area (Å²) in [5.74, 6) is 6.24. The number of para-hydroxylation sites is 2. The molecular weight excluding hydrogens is 278 g/mol. The molecule has 0 saturated heterocycles. The van der Waals surface area contributed by atoms with E-state index in [9.17, 15) is 4.79 Å². The van der Waals surface area contributed by atoms with E-state index >= 15 is 0 Å². The van der Waals surface area contributed by atoms with Gasteiger partial charge >= 0.3 is 0 Å². The number of hydrogen-bond donors (Lipinski definition) is 2. The van der Waals surface area contributed by atoms with Gasteiger partial charge in [-0.1, -0.05) is 23.9 Å². The summed E-state index contributed by atoms with van der Waals surface area (Å²) in [6.07, 6.45) is 1.38. The Bertz CT molecular complexity index is 587. The fourth-order valence-electron chi connectivity index (χ4n) is 1.50. The van der Waals surface area contributed by atoms with Gasteiger partial charge in [-0.15, -0.1) is 10.2 Å². The molecule has 1 amide bonds. The van der Waals surface area contributed by atoms with Crippen LogP contribution in [-0.2, 0) is 4.79 Å². The number of carbonyl (C=O) groups is 1. The van der Waals surface area contributed by atoms with Crippen LogP contribution in [-0.4, -0.2) is 33.1 Å². The van der Waals surface area contributed by atoms with Crippen molar-refractivity contribution in [2.75, 3.05) is 23.5 Å². The Labute approximate surface area is 120 Å². The van der Waals surface area contributed by atoms with Crippen LogP contribution < -0.4 is 15.9 Å². The third kappa shape index (κ3) is 3.64. The number of hydrogen-bond acceptors (Lipinski definition) is 6. The van der Waals surface area contributed by atoms with Crippen LogP contribution in [0.25, 0.3) is 0 Å². The summed E-state index contributed by atoms with van der Waals surface area (Å²) in [5.41, 5.74) is 0.647. The minimum atomic E-state index is -0.162. The molecule has 0 aliphatic carbocycles. The second kappa shape index (κ2) is 6.80.